The minimum absolute atomic E-state index is 0.661. The highest BCUT2D eigenvalue weighted by atomic mass is 127. The number of nitrogens with zero attached hydrogens (tertiary/aromatic N) is 3. The van der Waals surface area contributed by atoms with Crippen molar-refractivity contribution in [2.75, 3.05) is 11.9 Å². The second kappa shape index (κ2) is 5.88. The normalized spacial score (nSPS) is 10.7. The SMILES string of the molecule is CCOc1ccc2nc(Nc3ncncc3I)sc2c1. The number of hydrogen-bond acceptors (Lipinski definition) is 6. The largest absolute Gasteiger partial charge is 0.494 e. The molecule has 102 valence electrons. The van der Waals surface area contributed by atoms with E-state index in [0.29, 0.717) is 6.61 Å². The number of rotatable bonds is 4. The Bertz CT molecular complexity index is 746. The van der Waals surface area contributed by atoms with Crippen molar-refractivity contribution in [3.05, 3.63) is 34.3 Å². The van der Waals surface area contributed by atoms with Gasteiger partial charge in [-0.2, -0.15) is 0 Å². The van der Waals surface area contributed by atoms with Crippen LogP contribution in [0, 0.1) is 3.57 Å². The van der Waals surface area contributed by atoms with Crippen LogP contribution in [-0.4, -0.2) is 21.6 Å². The Balaban J connectivity index is 1.91. The summed E-state index contributed by atoms with van der Waals surface area (Å²) in [7, 11) is 0. The van der Waals surface area contributed by atoms with Crippen molar-refractivity contribution >= 4 is 55.1 Å². The molecular formula is C13H11IN4OS. The molecule has 2 heterocycles. The maximum absolute atomic E-state index is 5.50. The lowest BCUT2D eigenvalue weighted by atomic mass is 10.3. The number of aromatic nitrogens is 3. The molecule has 0 amide bonds. The van der Waals surface area contributed by atoms with Crippen LogP contribution >= 0.6 is 33.9 Å². The highest BCUT2D eigenvalue weighted by Gasteiger charge is 2.08. The molecule has 1 aromatic carbocycles. The van der Waals surface area contributed by atoms with Crippen LogP contribution in [0.15, 0.2) is 30.7 Å². The number of nitrogens with one attached hydrogen (secondary N) is 1. The van der Waals surface area contributed by atoms with Crippen LogP contribution in [0.2, 0.25) is 0 Å². The third-order valence-corrected chi connectivity index (χ3v) is 4.29. The predicted octanol–water partition coefficient (Wildman–Crippen LogP) is 3.83. The fourth-order valence-electron chi connectivity index (χ4n) is 1.72. The molecule has 0 bridgehead atoms. The Morgan fingerprint density at radius 1 is 1.40 bits per heavy atom. The minimum atomic E-state index is 0.661. The first kappa shape index (κ1) is 13.5. The van der Waals surface area contributed by atoms with Gasteiger partial charge in [-0.15, -0.1) is 0 Å². The number of fused-ring (bicyclic) bond motifs is 1. The van der Waals surface area contributed by atoms with E-state index < -0.39 is 0 Å². The molecule has 20 heavy (non-hydrogen) atoms. The third kappa shape index (κ3) is 2.83. The summed E-state index contributed by atoms with van der Waals surface area (Å²) in [6, 6.07) is 5.91. The van der Waals surface area contributed by atoms with Gasteiger partial charge in [0.15, 0.2) is 5.13 Å². The van der Waals surface area contributed by atoms with E-state index in [-0.39, 0.29) is 0 Å². The molecule has 0 saturated heterocycles. The molecule has 7 heteroatoms. The van der Waals surface area contributed by atoms with Gasteiger partial charge in [-0.05, 0) is 47.7 Å². The first-order chi connectivity index (χ1) is 9.76. The van der Waals surface area contributed by atoms with Gasteiger partial charge in [-0.3, -0.25) is 0 Å². The summed E-state index contributed by atoms with van der Waals surface area (Å²) < 4.78 is 7.54. The van der Waals surface area contributed by atoms with Gasteiger partial charge in [0, 0.05) is 6.20 Å². The maximum Gasteiger partial charge on any atom is 0.189 e. The number of benzene rings is 1. The van der Waals surface area contributed by atoms with Gasteiger partial charge >= 0.3 is 0 Å². The number of ether oxygens (including phenoxy) is 1. The molecule has 0 aliphatic rings. The number of halogens is 1. The molecule has 1 N–H and O–H groups in total. The first-order valence-corrected chi connectivity index (χ1v) is 7.91. The van der Waals surface area contributed by atoms with Crippen LogP contribution in [0.3, 0.4) is 0 Å². The zero-order valence-electron chi connectivity index (χ0n) is 10.6. The Labute approximate surface area is 133 Å². The summed E-state index contributed by atoms with van der Waals surface area (Å²) >= 11 is 3.77. The number of anilines is 2. The van der Waals surface area contributed by atoms with Gasteiger partial charge in [0.2, 0.25) is 0 Å². The second-order valence-corrected chi connectivity index (χ2v) is 6.12. The standard InChI is InChI=1S/C13H11IN4OS/c1-2-19-8-3-4-10-11(5-8)20-13(17-10)18-12-9(14)6-15-7-16-12/h3-7H,2H2,1H3,(H,15,16,17,18). The van der Waals surface area contributed by atoms with Gasteiger partial charge in [0.05, 0.1) is 20.4 Å². The lowest BCUT2D eigenvalue weighted by Gasteiger charge is -2.01. The van der Waals surface area contributed by atoms with Gasteiger partial charge in [0.25, 0.3) is 0 Å². The Morgan fingerprint density at radius 3 is 3.10 bits per heavy atom. The van der Waals surface area contributed by atoms with Crippen molar-refractivity contribution in [1.82, 2.24) is 15.0 Å². The van der Waals surface area contributed by atoms with E-state index in [9.17, 15) is 0 Å². The molecule has 0 spiro atoms. The predicted molar refractivity (Wildman–Crippen MR) is 88.8 cm³/mol. The fourth-order valence-corrected chi connectivity index (χ4v) is 3.05. The molecule has 0 saturated carbocycles. The van der Waals surface area contributed by atoms with Crippen molar-refractivity contribution in [2.24, 2.45) is 0 Å². The highest BCUT2D eigenvalue weighted by Crippen LogP contribution is 2.31. The molecule has 0 unspecified atom stereocenters. The van der Waals surface area contributed by atoms with E-state index in [1.165, 1.54) is 6.33 Å². The molecule has 2 aromatic heterocycles. The average molecular weight is 398 g/mol. The van der Waals surface area contributed by atoms with Crippen molar-refractivity contribution in [3.63, 3.8) is 0 Å². The van der Waals surface area contributed by atoms with Crippen LogP contribution in [0.4, 0.5) is 10.9 Å². The summed E-state index contributed by atoms with van der Waals surface area (Å²) in [5.41, 5.74) is 0.949. The summed E-state index contributed by atoms with van der Waals surface area (Å²) in [6.07, 6.45) is 3.28. The Kier molecular flexibility index (Phi) is 3.97. The van der Waals surface area contributed by atoms with E-state index in [0.717, 1.165) is 30.5 Å². The van der Waals surface area contributed by atoms with E-state index in [2.05, 4.69) is 42.9 Å². The molecule has 0 radical (unpaired) electrons. The molecule has 0 aliphatic carbocycles. The third-order valence-electron chi connectivity index (χ3n) is 2.56. The average Bonchev–Trinajstić information content (AvgIpc) is 2.83. The van der Waals surface area contributed by atoms with E-state index >= 15 is 0 Å². The maximum atomic E-state index is 5.50. The van der Waals surface area contributed by atoms with E-state index in [4.69, 9.17) is 4.74 Å². The van der Waals surface area contributed by atoms with Gasteiger partial charge < -0.3 is 10.1 Å². The molecule has 3 rings (SSSR count). The molecule has 0 fully saturated rings. The topological polar surface area (TPSA) is 59.9 Å². The Morgan fingerprint density at radius 2 is 2.30 bits per heavy atom. The molecular weight excluding hydrogens is 387 g/mol. The van der Waals surface area contributed by atoms with Crippen LogP contribution in [0.5, 0.6) is 5.75 Å². The van der Waals surface area contributed by atoms with Crippen molar-refractivity contribution in [3.8, 4) is 5.75 Å². The summed E-state index contributed by atoms with van der Waals surface area (Å²) in [5, 5.41) is 4.03. The van der Waals surface area contributed by atoms with Gasteiger partial charge in [-0.25, -0.2) is 15.0 Å². The quantitative estimate of drug-likeness (QED) is 0.677. The lowest BCUT2D eigenvalue weighted by molar-refractivity contribution is 0.341. The number of hydrogen-bond donors (Lipinski definition) is 1. The monoisotopic (exact) mass is 398 g/mol. The minimum Gasteiger partial charge on any atom is -0.494 e. The first-order valence-electron chi connectivity index (χ1n) is 6.02. The van der Waals surface area contributed by atoms with Crippen molar-refractivity contribution in [2.45, 2.75) is 6.92 Å². The van der Waals surface area contributed by atoms with Gasteiger partial charge in [0.1, 0.15) is 17.9 Å². The summed E-state index contributed by atoms with van der Waals surface area (Å²) in [4.78, 5) is 12.7. The second-order valence-electron chi connectivity index (χ2n) is 3.93. The fraction of sp³-hybridized carbons (Fsp3) is 0.154. The zero-order chi connectivity index (χ0) is 13.9. The summed E-state index contributed by atoms with van der Waals surface area (Å²) in [5.74, 6) is 1.64. The zero-order valence-corrected chi connectivity index (χ0v) is 13.6. The van der Waals surface area contributed by atoms with E-state index in [1.807, 2.05) is 25.1 Å². The van der Waals surface area contributed by atoms with Crippen LogP contribution in [0.25, 0.3) is 10.2 Å². The van der Waals surface area contributed by atoms with Gasteiger partial charge in [-0.1, -0.05) is 11.3 Å². The molecule has 0 aliphatic heterocycles. The van der Waals surface area contributed by atoms with Crippen LogP contribution in [0.1, 0.15) is 6.92 Å². The van der Waals surface area contributed by atoms with Crippen molar-refractivity contribution in [1.29, 1.82) is 0 Å². The molecule has 0 atom stereocenters. The van der Waals surface area contributed by atoms with E-state index in [1.54, 1.807) is 17.5 Å². The lowest BCUT2D eigenvalue weighted by Crippen LogP contribution is -1.96. The molecule has 3 aromatic rings. The Hall–Kier alpha value is -1.48. The van der Waals surface area contributed by atoms with Crippen molar-refractivity contribution < 1.29 is 4.74 Å². The smallest absolute Gasteiger partial charge is 0.189 e. The number of thiazole rings is 1. The van der Waals surface area contributed by atoms with Crippen LogP contribution in [-0.2, 0) is 0 Å². The molecule has 5 nitrogen and oxygen atoms in total. The highest BCUT2D eigenvalue weighted by molar-refractivity contribution is 14.1. The summed E-state index contributed by atoms with van der Waals surface area (Å²) in [6.45, 7) is 2.63. The van der Waals surface area contributed by atoms with Crippen LogP contribution < -0.4 is 10.1 Å².